The Balaban J connectivity index is 1.02. The topological polar surface area (TPSA) is 73.7 Å². The molecule has 0 aliphatic carbocycles. The summed E-state index contributed by atoms with van der Waals surface area (Å²) in [5, 5.41) is 0. The molecule has 6 nitrogen and oxygen atoms in total. The number of pyridine rings is 5. The van der Waals surface area contributed by atoms with Gasteiger partial charge in [0, 0.05) is 53.1 Å². The third kappa shape index (κ3) is 9.44. The fraction of sp³-hybridized carbons (Fsp3) is 0. The second-order valence-corrected chi connectivity index (χ2v) is 17.6. The molecule has 5 heterocycles. The van der Waals surface area contributed by atoms with Crippen LogP contribution >= 0.6 is 0 Å². The monoisotopic (exact) mass is 935 g/mol. The molecular weight excluding hydrogens is 891 g/mol. The quantitative estimate of drug-likeness (QED) is 0.121. The molecule has 5 aromatic heterocycles. The molecule has 0 spiro atoms. The largest absolute Gasteiger partial charge is 0.438 e. The van der Waals surface area contributed by atoms with Crippen LogP contribution in [0.1, 0.15) is 0 Å². The van der Waals surface area contributed by atoms with Crippen molar-refractivity contribution in [2.45, 2.75) is 0 Å². The SMILES string of the molecule is c1ccc(-c2ccc(-c3ccccc3-c3cc(-c4ccccc4-c4ccc(-c5ccccn5)cc4)cc(-c4ccccc4-c4ccc(-c5ccccn5)cc4Oc4cccc(-c5ccccn5)n4)c3)cc2)nc1. The summed E-state index contributed by atoms with van der Waals surface area (Å²) in [6.45, 7) is 0. The molecule has 0 fully saturated rings. The molecule has 7 aromatic carbocycles. The Morgan fingerprint density at radius 1 is 0.219 bits per heavy atom. The number of benzene rings is 7. The third-order valence-electron chi connectivity index (χ3n) is 13.1. The van der Waals surface area contributed by atoms with Crippen LogP contribution in [0.25, 0.3) is 112 Å². The van der Waals surface area contributed by atoms with Gasteiger partial charge in [-0.3, -0.25) is 19.9 Å². The summed E-state index contributed by atoms with van der Waals surface area (Å²) in [6.07, 6.45) is 7.26. The van der Waals surface area contributed by atoms with Crippen LogP contribution < -0.4 is 4.74 Å². The van der Waals surface area contributed by atoms with E-state index < -0.39 is 0 Å². The van der Waals surface area contributed by atoms with Crippen molar-refractivity contribution in [3.8, 4) is 124 Å². The predicted octanol–water partition coefficient (Wildman–Crippen LogP) is 17.1. The molecule has 0 aliphatic heterocycles. The molecule has 0 amide bonds. The first-order chi connectivity index (χ1) is 36.2. The van der Waals surface area contributed by atoms with E-state index in [-0.39, 0.29) is 0 Å². The van der Waals surface area contributed by atoms with E-state index in [9.17, 15) is 0 Å². The molecule has 0 saturated carbocycles. The summed E-state index contributed by atoms with van der Waals surface area (Å²) < 4.78 is 6.89. The summed E-state index contributed by atoms with van der Waals surface area (Å²) in [6, 6.07) is 86.3. The summed E-state index contributed by atoms with van der Waals surface area (Å²) in [7, 11) is 0. The normalized spacial score (nSPS) is 11.0. The lowest BCUT2D eigenvalue weighted by Gasteiger charge is -2.19. The first-order valence-corrected chi connectivity index (χ1v) is 24.3. The Hall–Kier alpha value is -9.91. The second kappa shape index (κ2) is 20.2. The van der Waals surface area contributed by atoms with E-state index in [1.54, 1.807) is 6.20 Å². The second-order valence-electron chi connectivity index (χ2n) is 17.6. The van der Waals surface area contributed by atoms with Gasteiger partial charge in [0.15, 0.2) is 0 Å². The van der Waals surface area contributed by atoms with Crippen molar-refractivity contribution in [1.29, 1.82) is 0 Å². The summed E-state index contributed by atoms with van der Waals surface area (Å²) in [5.41, 5.74) is 20.2. The molecule has 0 saturated heterocycles. The minimum absolute atomic E-state index is 0.457. The molecule has 6 heteroatoms. The molecule has 12 rings (SSSR count). The van der Waals surface area contributed by atoms with E-state index in [0.29, 0.717) is 11.6 Å². The fourth-order valence-corrected chi connectivity index (χ4v) is 9.51. The average molecular weight is 936 g/mol. The van der Waals surface area contributed by atoms with Gasteiger partial charge in [0.05, 0.1) is 28.5 Å². The van der Waals surface area contributed by atoms with Crippen molar-refractivity contribution in [2.75, 3.05) is 0 Å². The fourth-order valence-electron chi connectivity index (χ4n) is 9.51. The van der Waals surface area contributed by atoms with Crippen molar-refractivity contribution >= 4 is 0 Å². The van der Waals surface area contributed by atoms with Crippen LogP contribution in [0, 0.1) is 0 Å². The van der Waals surface area contributed by atoms with Crippen LogP contribution in [0.4, 0.5) is 0 Å². The van der Waals surface area contributed by atoms with Crippen LogP contribution in [0.3, 0.4) is 0 Å². The molecule has 0 radical (unpaired) electrons. The Labute approximate surface area is 424 Å². The molecule has 0 unspecified atom stereocenters. The van der Waals surface area contributed by atoms with Gasteiger partial charge in [0.1, 0.15) is 5.75 Å². The molecule has 344 valence electrons. The lowest BCUT2D eigenvalue weighted by molar-refractivity contribution is 0.465. The van der Waals surface area contributed by atoms with Gasteiger partial charge in [-0.2, -0.15) is 0 Å². The maximum Gasteiger partial charge on any atom is 0.219 e. The molecule has 12 aromatic rings. The van der Waals surface area contributed by atoms with E-state index in [2.05, 4.69) is 173 Å². The summed E-state index contributed by atoms with van der Waals surface area (Å²) in [5.74, 6) is 1.11. The molecule has 0 bridgehead atoms. The van der Waals surface area contributed by atoms with Crippen LogP contribution in [-0.2, 0) is 0 Å². The molecule has 0 atom stereocenters. The Bertz CT molecular complexity index is 3700. The highest BCUT2D eigenvalue weighted by Gasteiger charge is 2.19. The smallest absolute Gasteiger partial charge is 0.219 e. The minimum atomic E-state index is 0.457. The number of ether oxygens (including phenoxy) is 1. The average Bonchev–Trinajstić information content (AvgIpc) is 3.48. The number of hydrogen-bond acceptors (Lipinski definition) is 6. The highest BCUT2D eigenvalue weighted by molar-refractivity contribution is 5.95. The van der Waals surface area contributed by atoms with Crippen LogP contribution in [0.2, 0.25) is 0 Å². The summed E-state index contributed by atoms with van der Waals surface area (Å²) in [4.78, 5) is 23.4. The highest BCUT2D eigenvalue weighted by atomic mass is 16.5. The maximum absolute atomic E-state index is 6.89. The first kappa shape index (κ1) is 44.3. The lowest BCUT2D eigenvalue weighted by Crippen LogP contribution is -1.96. The van der Waals surface area contributed by atoms with Gasteiger partial charge in [0.2, 0.25) is 5.88 Å². The third-order valence-corrected chi connectivity index (χ3v) is 13.1. The van der Waals surface area contributed by atoms with Crippen molar-refractivity contribution in [2.24, 2.45) is 0 Å². The van der Waals surface area contributed by atoms with Crippen molar-refractivity contribution < 1.29 is 4.74 Å². The van der Waals surface area contributed by atoms with Crippen molar-refractivity contribution in [3.63, 3.8) is 0 Å². The van der Waals surface area contributed by atoms with Crippen molar-refractivity contribution in [3.05, 3.63) is 274 Å². The van der Waals surface area contributed by atoms with Gasteiger partial charge in [-0.1, -0.05) is 158 Å². The number of aromatic nitrogens is 5. The number of nitrogens with zero attached hydrogens (tertiary/aromatic N) is 5. The van der Waals surface area contributed by atoms with E-state index >= 15 is 0 Å². The minimum Gasteiger partial charge on any atom is -0.438 e. The zero-order valence-electron chi connectivity index (χ0n) is 39.6. The zero-order chi connectivity index (χ0) is 48.8. The Morgan fingerprint density at radius 3 is 1.03 bits per heavy atom. The molecule has 0 N–H and O–H groups in total. The van der Waals surface area contributed by atoms with Crippen LogP contribution in [0.15, 0.2) is 274 Å². The Morgan fingerprint density at radius 2 is 0.575 bits per heavy atom. The van der Waals surface area contributed by atoms with E-state index in [4.69, 9.17) is 14.7 Å². The van der Waals surface area contributed by atoms with Gasteiger partial charge in [-0.25, -0.2) is 4.98 Å². The van der Waals surface area contributed by atoms with Gasteiger partial charge in [-0.05, 0) is 146 Å². The predicted molar refractivity (Wildman–Crippen MR) is 296 cm³/mol. The standard InChI is InChI=1S/C67H45N5O/c1-3-18-56(54(16-1)46-28-32-48(33-29-46)61-22-7-11-38-68-61)51-42-52(57-19-4-2-17-55(57)47-30-34-49(35-31-47)62-23-8-12-39-69-62)44-53(43-51)58-20-5-6-21-59(58)60-37-36-50(63-24-9-13-40-70-63)45-66(60)73-67-27-15-26-65(72-67)64-25-10-14-41-71-64/h1-45H. The van der Waals surface area contributed by atoms with Gasteiger partial charge in [-0.15, -0.1) is 0 Å². The van der Waals surface area contributed by atoms with Crippen LogP contribution in [-0.4, -0.2) is 24.9 Å². The Kier molecular flexibility index (Phi) is 12.3. The molecular formula is C67H45N5O. The van der Waals surface area contributed by atoms with Gasteiger partial charge in [0.25, 0.3) is 0 Å². The summed E-state index contributed by atoms with van der Waals surface area (Å²) >= 11 is 0. The number of rotatable bonds is 12. The van der Waals surface area contributed by atoms with E-state index in [1.165, 1.54) is 0 Å². The van der Waals surface area contributed by atoms with E-state index in [0.717, 1.165) is 112 Å². The zero-order valence-corrected chi connectivity index (χ0v) is 39.6. The highest BCUT2D eigenvalue weighted by Crippen LogP contribution is 2.45. The van der Waals surface area contributed by atoms with Gasteiger partial charge < -0.3 is 4.74 Å². The lowest BCUT2D eigenvalue weighted by atomic mass is 9.86. The maximum atomic E-state index is 6.89. The van der Waals surface area contributed by atoms with Gasteiger partial charge >= 0.3 is 0 Å². The molecule has 73 heavy (non-hydrogen) atoms. The van der Waals surface area contributed by atoms with Crippen LogP contribution in [0.5, 0.6) is 11.6 Å². The van der Waals surface area contributed by atoms with Crippen molar-refractivity contribution in [1.82, 2.24) is 24.9 Å². The number of hydrogen-bond donors (Lipinski definition) is 0. The first-order valence-electron chi connectivity index (χ1n) is 24.3. The molecule has 0 aliphatic rings. The van der Waals surface area contributed by atoms with E-state index in [1.807, 2.05) is 110 Å².